The summed E-state index contributed by atoms with van der Waals surface area (Å²) >= 11 is 3.15. The van der Waals surface area contributed by atoms with Gasteiger partial charge in [0.25, 0.3) is 0 Å². The Hall–Kier alpha value is -0.0900. The molecule has 3 nitrogen and oxygen atoms in total. The van der Waals surface area contributed by atoms with Gasteiger partial charge in [0.05, 0.1) is 0 Å². The molecule has 0 aromatic rings. The fourth-order valence-corrected chi connectivity index (χ4v) is 0.669. The summed E-state index contributed by atoms with van der Waals surface area (Å²) in [7, 11) is 0. The third-order valence-corrected chi connectivity index (χ3v) is 1.64. The molecule has 0 amide bonds. The molecule has 0 aliphatic rings. The van der Waals surface area contributed by atoms with Gasteiger partial charge in [-0.15, -0.1) is 0 Å². The highest BCUT2D eigenvalue weighted by atomic mass is 79.9. The van der Waals surface area contributed by atoms with E-state index in [1.807, 2.05) is 13.8 Å². The molecule has 0 bridgehead atoms. The number of esters is 1. The Morgan fingerprint density at radius 3 is 2.55 bits per heavy atom. The SMILES string of the molecule is CC(C)C(N)C(=O)OCCBr. The highest BCUT2D eigenvalue weighted by molar-refractivity contribution is 9.09. The van der Waals surface area contributed by atoms with Crippen LogP contribution in [0.5, 0.6) is 0 Å². The smallest absolute Gasteiger partial charge is 0.323 e. The number of hydrogen-bond donors (Lipinski definition) is 1. The molecule has 1 atom stereocenters. The minimum absolute atomic E-state index is 0.137. The number of ether oxygens (including phenoxy) is 1. The number of halogens is 1. The lowest BCUT2D eigenvalue weighted by Crippen LogP contribution is -2.37. The summed E-state index contributed by atoms with van der Waals surface area (Å²) in [4.78, 5) is 11.0. The molecule has 0 fully saturated rings. The van der Waals surface area contributed by atoms with Crippen LogP contribution in [0.3, 0.4) is 0 Å². The predicted molar refractivity (Wildman–Crippen MR) is 47.6 cm³/mol. The zero-order valence-electron chi connectivity index (χ0n) is 6.84. The van der Waals surface area contributed by atoms with E-state index in [9.17, 15) is 4.79 Å². The van der Waals surface area contributed by atoms with Crippen molar-refractivity contribution in [1.29, 1.82) is 0 Å². The lowest BCUT2D eigenvalue weighted by molar-refractivity contribution is -0.145. The van der Waals surface area contributed by atoms with E-state index < -0.39 is 6.04 Å². The molecule has 0 radical (unpaired) electrons. The fourth-order valence-electron chi connectivity index (χ4n) is 0.508. The molecule has 0 saturated heterocycles. The maximum Gasteiger partial charge on any atom is 0.323 e. The van der Waals surface area contributed by atoms with E-state index in [0.717, 1.165) is 0 Å². The molecule has 0 spiro atoms. The van der Waals surface area contributed by atoms with Gasteiger partial charge in [-0.05, 0) is 5.92 Å². The molecule has 1 unspecified atom stereocenters. The molecule has 66 valence electrons. The molecule has 2 N–H and O–H groups in total. The van der Waals surface area contributed by atoms with Crippen LogP contribution in [0.4, 0.5) is 0 Å². The highest BCUT2D eigenvalue weighted by Gasteiger charge is 2.17. The van der Waals surface area contributed by atoms with Crippen molar-refractivity contribution in [2.45, 2.75) is 19.9 Å². The van der Waals surface area contributed by atoms with E-state index in [-0.39, 0.29) is 11.9 Å². The van der Waals surface area contributed by atoms with Crippen molar-refractivity contribution in [2.24, 2.45) is 11.7 Å². The van der Waals surface area contributed by atoms with E-state index in [1.54, 1.807) is 0 Å². The molecule has 0 heterocycles. The van der Waals surface area contributed by atoms with Crippen molar-refractivity contribution >= 4 is 21.9 Å². The van der Waals surface area contributed by atoms with Crippen LogP contribution in [-0.2, 0) is 9.53 Å². The van der Waals surface area contributed by atoms with Gasteiger partial charge in [-0.2, -0.15) is 0 Å². The van der Waals surface area contributed by atoms with Crippen molar-refractivity contribution in [2.75, 3.05) is 11.9 Å². The molecule has 0 saturated carbocycles. The topological polar surface area (TPSA) is 52.3 Å². The molecule has 0 aromatic heterocycles. The van der Waals surface area contributed by atoms with Crippen molar-refractivity contribution in [3.8, 4) is 0 Å². The van der Waals surface area contributed by atoms with Crippen molar-refractivity contribution in [3.63, 3.8) is 0 Å². The maximum atomic E-state index is 11.0. The van der Waals surface area contributed by atoms with Gasteiger partial charge in [0, 0.05) is 5.33 Å². The van der Waals surface area contributed by atoms with Gasteiger partial charge in [0.1, 0.15) is 12.6 Å². The molecular formula is C7H14BrNO2. The molecule has 0 aliphatic carbocycles. The van der Waals surface area contributed by atoms with Crippen LogP contribution in [0, 0.1) is 5.92 Å². The normalized spacial score (nSPS) is 13.2. The van der Waals surface area contributed by atoms with Gasteiger partial charge in [-0.3, -0.25) is 4.79 Å². The van der Waals surface area contributed by atoms with Crippen LogP contribution >= 0.6 is 15.9 Å². The third kappa shape index (κ3) is 4.37. The second-order valence-electron chi connectivity index (χ2n) is 2.63. The Morgan fingerprint density at radius 1 is 1.64 bits per heavy atom. The number of alkyl halides is 1. The minimum Gasteiger partial charge on any atom is -0.464 e. The van der Waals surface area contributed by atoms with Crippen LogP contribution < -0.4 is 5.73 Å². The maximum absolute atomic E-state index is 11.0. The monoisotopic (exact) mass is 223 g/mol. The second kappa shape index (κ2) is 5.55. The highest BCUT2D eigenvalue weighted by Crippen LogP contribution is 2.00. The van der Waals surface area contributed by atoms with E-state index >= 15 is 0 Å². The lowest BCUT2D eigenvalue weighted by atomic mass is 10.1. The molecular weight excluding hydrogens is 210 g/mol. The summed E-state index contributed by atoms with van der Waals surface area (Å²) in [5.74, 6) is -0.183. The van der Waals surface area contributed by atoms with Gasteiger partial charge in [0.15, 0.2) is 0 Å². The number of nitrogens with two attached hydrogens (primary N) is 1. The second-order valence-corrected chi connectivity index (χ2v) is 3.42. The first-order valence-corrected chi connectivity index (χ1v) is 4.70. The van der Waals surface area contributed by atoms with Crippen molar-refractivity contribution < 1.29 is 9.53 Å². The van der Waals surface area contributed by atoms with Gasteiger partial charge in [-0.25, -0.2) is 0 Å². The zero-order valence-corrected chi connectivity index (χ0v) is 8.43. The first-order valence-electron chi connectivity index (χ1n) is 3.57. The van der Waals surface area contributed by atoms with Gasteiger partial charge >= 0.3 is 5.97 Å². The molecule has 4 heteroatoms. The summed E-state index contributed by atoms with van der Waals surface area (Å²) < 4.78 is 4.80. The molecule has 11 heavy (non-hydrogen) atoms. The number of carbonyl (C=O) groups excluding carboxylic acids is 1. The Morgan fingerprint density at radius 2 is 2.18 bits per heavy atom. The predicted octanol–water partition coefficient (Wildman–Crippen LogP) is 0.908. The number of hydrogen-bond acceptors (Lipinski definition) is 3. The Bertz CT molecular complexity index is 128. The summed E-state index contributed by atoms with van der Waals surface area (Å²) in [5, 5.41) is 0.656. The van der Waals surface area contributed by atoms with Crippen molar-refractivity contribution in [1.82, 2.24) is 0 Å². The first kappa shape index (κ1) is 10.9. The first-order chi connectivity index (χ1) is 5.09. The third-order valence-electron chi connectivity index (χ3n) is 1.31. The van der Waals surface area contributed by atoms with Crippen LogP contribution in [0.15, 0.2) is 0 Å². The Labute approximate surface area is 75.4 Å². The fraction of sp³-hybridized carbons (Fsp3) is 0.857. The average molecular weight is 224 g/mol. The van der Waals surface area contributed by atoms with E-state index in [4.69, 9.17) is 10.5 Å². The van der Waals surface area contributed by atoms with E-state index in [1.165, 1.54) is 0 Å². The van der Waals surface area contributed by atoms with Gasteiger partial charge in [0.2, 0.25) is 0 Å². The summed E-state index contributed by atoms with van der Waals surface area (Å²) in [6, 6.07) is -0.492. The van der Waals surface area contributed by atoms with Crippen LogP contribution in [0.2, 0.25) is 0 Å². The molecule has 0 aliphatic heterocycles. The summed E-state index contributed by atoms with van der Waals surface area (Å²) in [6.45, 7) is 4.17. The molecule has 0 rings (SSSR count). The van der Waals surface area contributed by atoms with Crippen LogP contribution in [0.25, 0.3) is 0 Å². The van der Waals surface area contributed by atoms with E-state index in [2.05, 4.69) is 15.9 Å². The minimum atomic E-state index is -0.492. The standard InChI is InChI=1S/C7H14BrNO2/c1-5(2)6(9)7(10)11-4-3-8/h5-6H,3-4,9H2,1-2H3. The Kier molecular flexibility index (Phi) is 5.50. The van der Waals surface area contributed by atoms with Gasteiger partial charge < -0.3 is 10.5 Å². The zero-order chi connectivity index (χ0) is 8.85. The van der Waals surface area contributed by atoms with Crippen molar-refractivity contribution in [3.05, 3.63) is 0 Å². The lowest BCUT2D eigenvalue weighted by Gasteiger charge is -2.13. The summed E-state index contributed by atoms with van der Waals surface area (Å²) in [5.41, 5.74) is 5.51. The Balaban J connectivity index is 3.64. The van der Waals surface area contributed by atoms with Crippen LogP contribution in [-0.4, -0.2) is 23.9 Å². The average Bonchev–Trinajstić information content (AvgIpc) is 1.98. The largest absolute Gasteiger partial charge is 0.464 e. The molecule has 0 aromatic carbocycles. The van der Waals surface area contributed by atoms with Crippen LogP contribution in [0.1, 0.15) is 13.8 Å². The summed E-state index contributed by atoms with van der Waals surface area (Å²) in [6.07, 6.45) is 0. The number of carbonyl (C=O) groups is 1. The van der Waals surface area contributed by atoms with E-state index in [0.29, 0.717) is 11.9 Å². The number of rotatable bonds is 4. The quantitative estimate of drug-likeness (QED) is 0.570. The van der Waals surface area contributed by atoms with Gasteiger partial charge in [-0.1, -0.05) is 29.8 Å².